The first kappa shape index (κ1) is 17.1. The van der Waals surface area contributed by atoms with E-state index in [0.717, 1.165) is 5.56 Å². The van der Waals surface area contributed by atoms with E-state index in [4.69, 9.17) is 9.47 Å². The number of hydrogen-bond acceptors (Lipinski definition) is 5. The van der Waals surface area contributed by atoms with Crippen LogP contribution in [0.25, 0.3) is 0 Å². The Hall–Kier alpha value is -0.990. The van der Waals surface area contributed by atoms with Crippen LogP contribution in [0, 0.1) is 0 Å². The van der Waals surface area contributed by atoms with E-state index in [-0.39, 0.29) is 11.4 Å². The lowest BCUT2D eigenvalue weighted by atomic mass is 10.2. The summed E-state index contributed by atoms with van der Waals surface area (Å²) >= 11 is 0. The molecule has 0 aromatic heterocycles. The Bertz CT molecular complexity index is 474. The normalized spacial score (nSPS) is 11.7. The van der Waals surface area contributed by atoms with Gasteiger partial charge in [-0.05, 0) is 24.7 Å². The van der Waals surface area contributed by atoms with Crippen LogP contribution >= 0.6 is 0 Å². The lowest BCUT2D eigenvalue weighted by Gasteiger charge is -2.08. The van der Waals surface area contributed by atoms with E-state index in [9.17, 15) is 8.42 Å². The van der Waals surface area contributed by atoms with Gasteiger partial charge in [-0.2, -0.15) is 0 Å². The predicted octanol–water partition coefficient (Wildman–Crippen LogP) is 0.347. The van der Waals surface area contributed by atoms with Crippen LogP contribution in [0.4, 0.5) is 0 Å². The smallest absolute Gasteiger partial charge is 0.240 e. The summed E-state index contributed by atoms with van der Waals surface area (Å²) in [5, 5.41) is 3.01. The van der Waals surface area contributed by atoms with Gasteiger partial charge in [-0.1, -0.05) is 12.1 Å². The molecule has 7 heteroatoms. The molecule has 0 atom stereocenters. The average Bonchev–Trinajstić information content (AvgIpc) is 2.44. The molecule has 1 rings (SSSR count). The maximum Gasteiger partial charge on any atom is 0.240 e. The summed E-state index contributed by atoms with van der Waals surface area (Å²) < 4.78 is 36.5. The van der Waals surface area contributed by atoms with Crippen LogP contribution in [0.2, 0.25) is 0 Å². The van der Waals surface area contributed by atoms with Crippen LogP contribution in [0.1, 0.15) is 5.56 Å². The number of nitrogens with one attached hydrogen (secondary N) is 2. The van der Waals surface area contributed by atoms with Crippen molar-refractivity contribution in [3.63, 3.8) is 0 Å². The number of ether oxygens (including phenoxy) is 2. The molecule has 0 unspecified atom stereocenters. The molecule has 1 aromatic carbocycles. The fraction of sp³-hybridized carbons (Fsp3) is 0.538. The predicted molar refractivity (Wildman–Crippen MR) is 77.1 cm³/mol. The van der Waals surface area contributed by atoms with Gasteiger partial charge in [0.2, 0.25) is 10.0 Å². The molecule has 0 aliphatic heterocycles. The van der Waals surface area contributed by atoms with Gasteiger partial charge in [-0.25, -0.2) is 13.1 Å². The summed E-state index contributed by atoms with van der Waals surface area (Å²) in [6.45, 7) is 2.22. The Morgan fingerprint density at radius 2 is 1.80 bits per heavy atom. The molecule has 6 nitrogen and oxygen atoms in total. The van der Waals surface area contributed by atoms with Crippen LogP contribution in [-0.4, -0.2) is 48.9 Å². The minimum atomic E-state index is -3.47. The van der Waals surface area contributed by atoms with Gasteiger partial charge in [0.1, 0.15) is 0 Å². The zero-order valence-electron chi connectivity index (χ0n) is 11.9. The lowest BCUT2D eigenvalue weighted by Crippen LogP contribution is -2.27. The van der Waals surface area contributed by atoms with Crippen molar-refractivity contribution in [1.29, 1.82) is 0 Å². The standard InChI is InChI=1S/C13H22N2O4S/c1-14-11-12-3-5-13(6-4-12)20(16,17)15-7-8-19-10-9-18-2/h3-6,14-15H,7-11H2,1-2H3. The Morgan fingerprint density at radius 1 is 1.10 bits per heavy atom. The fourth-order valence-electron chi connectivity index (χ4n) is 1.57. The van der Waals surface area contributed by atoms with E-state index in [2.05, 4.69) is 10.0 Å². The molecule has 1 aromatic rings. The first-order valence-electron chi connectivity index (χ1n) is 6.40. The van der Waals surface area contributed by atoms with Gasteiger partial charge in [0.05, 0.1) is 24.7 Å². The molecule has 114 valence electrons. The van der Waals surface area contributed by atoms with Gasteiger partial charge in [0.25, 0.3) is 0 Å². The number of rotatable bonds is 10. The van der Waals surface area contributed by atoms with Gasteiger partial charge in [0.15, 0.2) is 0 Å². The third kappa shape index (κ3) is 5.98. The maximum atomic E-state index is 12.0. The highest BCUT2D eigenvalue weighted by Crippen LogP contribution is 2.10. The number of hydrogen-bond donors (Lipinski definition) is 2. The first-order chi connectivity index (χ1) is 9.60. The zero-order valence-corrected chi connectivity index (χ0v) is 12.7. The summed E-state index contributed by atoms with van der Waals surface area (Å²) in [5.74, 6) is 0. The van der Waals surface area contributed by atoms with Crippen molar-refractivity contribution in [3.8, 4) is 0 Å². The second kappa shape index (κ2) is 9.04. The van der Waals surface area contributed by atoms with Crippen molar-refractivity contribution in [1.82, 2.24) is 10.0 Å². The summed E-state index contributed by atoms with van der Waals surface area (Å²) in [6, 6.07) is 6.78. The molecule has 0 amide bonds. The summed E-state index contributed by atoms with van der Waals surface area (Å²) in [5.41, 5.74) is 1.04. The molecular formula is C13H22N2O4S. The molecule has 0 aliphatic rings. The molecule has 0 radical (unpaired) electrons. The quantitative estimate of drug-likeness (QED) is 0.610. The minimum absolute atomic E-state index is 0.240. The Kier molecular flexibility index (Phi) is 7.71. The minimum Gasteiger partial charge on any atom is -0.382 e. The van der Waals surface area contributed by atoms with E-state index in [1.54, 1.807) is 31.4 Å². The number of benzene rings is 1. The second-order valence-electron chi connectivity index (χ2n) is 4.18. The molecule has 0 bridgehead atoms. The molecule has 0 heterocycles. The van der Waals surface area contributed by atoms with E-state index in [1.807, 2.05) is 7.05 Å². The third-order valence-corrected chi connectivity index (χ3v) is 4.06. The summed E-state index contributed by atoms with van der Waals surface area (Å²) in [6.07, 6.45) is 0. The molecule has 20 heavy (non-hydrogen) atoms. The highest BCUT2D eigenvalue weighted by atomic mass is 32.2. The van der Waals surface area contributed by atoms with Crippen molar-refractivity contribution < 1.29 is 17.9 Å². The van der Waals surface area contributed by atoms with Gasteiger partial charge in [-0.3, -0.25) is 0 Å². The average molecular weight is 302 g/mol. The van der Waals surface area contributed by atoms with E-state index in [1.165, 1.54) is 0 Å². The molecule has 0 saturated carbocycles. The van der Waals surface area contributed by atoms with Crippen molar-refractivity contribution in [3.05, 3.63) is 29.8 Å². The van der Waals surface area contributed by atoms with E-state index in [0.29, 0.717) is 26.4 Å². The topological polar surface area (TPSA) is 76.7 Å². The van der Waals surface area contributed by atoms with Crippen LogP contribution < -0.4 is 10.0 Å². The third-order valence-electron chi connectivity index (χ3n) is 2.58. The molecule has 2 N–H and O–H groups in total. The Labute approximate surface area is 120 Å². The molecular weight excluding hydrogens is 280 g/mol. The van der Waals surface area contributed by atoms with Crippen molar-refractivity contribution in [2.45, 2.75) is 11.4 Å². The number of sulfonamides is 1. The van der Waals surface area contributed by atoms with Crippen molar-refractivity contribution in [2.24, 2.45) is 0 Å². The fourth-order valence-corrected chi connectivity index (χ4v) is 2.58. The Balaban J connectivity index is 2.43. The monoisotopic (exact) mass is 302 g/mol. The van der Waals surface area contributed by atoms with Crippen LogP contribution in [0.15, 0.2) is 29.2 Å². The van der Waals surface area contributed by atoms with E-state index < -0.39 is 10.0 Å². The largest absolute Gasteiger partial charge is 0.382 e. The highest BCUT2D eigenvalue weighted by Gasteiger charge is 2.12. The van der Waals surface area contributed by atoms with Crippen LogP contribution in [-0.2, 0) is 26.0 Å². The van der Waals surface area contributed by atoms with Crippen LogP contribution in [0.3, 0.4) is 0 Å². The first-order valence-corrected chi connectivity index (χ1v) is 7.88. The van der Waals surface area contributed by atoms with Crippen molar-refractivity contribution in [2.75, 3.05) is 40.5 Å². The highest BCUT2D eigenvalue weighted by molar-refractivity contribution is 7.89. The SMILES string of the molecule is CNCc1ccc(S(=O)(=O)NCCOCCOC)cc1. The molecule has 0 aliphatic carbocycles. The maximum absolute atomic E-state index is 12.0. The van der Waals surface area contributed by atoms with Gasteiger partial charge < -0.3 is 14.8 Å². The van der Waals surface area contributed by atoms with Gasteiger partial charge >= 0.3 is 0 Å². The summed E-state index contributed by atoms with van der Waals surface area (Å²) in [7, 11) is -0.0362. The second-order valence-corrected chi connectivity index (χ2v) is 5.94. The Morgan fingerprint density at radius 3 is 2.40 bits per heavy atom. The lowest BCUT2D eigenvalue weighted by molar-refractivity contribution is 0.0736. The van der Waals surface area contributed by atoms with E-state index >= 15 is 0 Å². The zero-order chi connectivity index (χ0) is 14.8. The molecule has 0 fully saturated rings. The van der Waals surface area contributed by atoms with Crippen molar-refractivity contribution >= 4 is 10.0 Å². The number of methoxy groups -OCH3 is 1. The molecule has 0 spiro atoms. The van der Waals surface area contributed by atoms with Gasteiger partial charge in [0, 0.05) is 20.2 Å². The summed E-state index contributed by atoms with van der Waals surface area (Å²) in [4.78, 5) is 0.259. The molecule has 0 saturated heterocycles. The van der Waals surface area contributed by atoms with Gasteiger partial charge in [-0.15, -0.1) is 0 Å². The van der Waals surface area contributed by atoms with Crippen LogP contribution in [0.5, 0.6) is 0 Å².